The van der Waals surface area contributed by atoms with E-state index in [1.165, 1.54) is 49.9 Å². The molecule has 11 aromatic rings. The highest BCUT2D eigenvalue weighted by Crippen LogP contribution is 2.64. The van der Waals surface area contributed by atoms with Gasteiger partial charge in [-0.2, -0.15) is 15.2 Å². The number of aromatic nitrogens is 4. The number of furan rings is 1. The number of rotatable bonds is 3. The Bertz CT molecular complexity index is 3600. The minimum Gasteiger partial charge on any atom is -0.456 e. The molecule has 0 amide bonds. The fourth-order valence-corrected chi connectivity index (χ4v) is 10.2. The molecule has 3 aromatic heterocycles. The summed E-state index contributed by atoms with van der Waals surface area (Å²) in [4.78, 5) is 15.7. The van der Waals surface area contributed by atoms with Crippen molar-refractivity contribution >= 4 is 43.7 Å². The van der Waals surface area contributed by atoms with E-state index in [0.29, 0.717) is 23.2 Å². The fourth-order valence-electron chi connectivity index (χ4n) is 10.2. The molecule has 2 aliphatic carbocycles. The lowest BCUT2D eigenvalue weighted by molar-refractivity contribution is 0.669. The van der Waals surface area contributed by atoms with Crippen molar-refractivity contribution in [2.24, 2.45) is 0 Å². The van der Waals surface area contributed by atoms with E-state index in [1.54, 1.807) is 6.07 Å². The summed E-state index contributed by atoms with van der Waals surface area (Å²) in [5.74, 6) is 1.64. The molecule has 8 aromatic carbocycles. The number of fused-ring (bicyclic) bond motifs is 17. The van der Waals surface area contributed by atoms with Gasteiger partial charge in [-0.25, -0.2) is 4.98 Å². The van der Waals surface area contributed by atoms with Crippen molar-refractivity contribution in [2.45, 2.75) is 5.41 Å². The van der Waals surface area contributed by atoms with Crippen LogP contribution in [-0.4, -0.2) is 19.5 Å². The number of nitrogens with zero attached hydrogens (tertiary/aromatic N) is 5. The summed E-state index contributed by atoms with van der Waals surface area (Å²) < 4.78 is 8.39. The third-order valence-corrected chi connectivity index (χ3v) is 12.5. The second-order valence-electron chi connectivity index (χ2n) is 15.4. The average Bonchev–Trinajstić information content (AvgIpc) is 4.02. The number of hydrogen-bond donors (Lipinski definition) is 0. The lowest BCUT2D eigenvalue weighted by atomic mass is 9.70. The van der Waals surface area contributed by atoms with E-state index in [0.717, 1.165) is 49.5 Å². The standard InChI is InChI=1S/C53H29N5O/c54-30-31-22-26-46-38(28-31)39-29-33(23-27-47(39)59-46)51-55-50(32-12-2-1-3-13-32)56-52(57-51)58-44-21-11-7-17-37(44)49-45(58)25-24-43-48(49)36-16-6-10-20-42(36)53(43)40-18-8-4-14-34(40)35-15-5-9-19-41(35)53/h1-29H. The third-order valence-electron chi connectivity index (χ3n) is 12.5. The van der Waals surface area contributed by atoms with Crippen LogP contribution in [0.5, 0.6) is 0 Å². The Morgan fingerprint density at radius 1 is 0.475 bits per heavy atom. The normalized spacial score (nSPS) is 13.2. The van der Waals surface area contributed by atoms with E-state index in [-0.39, 0.29) is 0 Å². The molecule has 3 heterocycles. The molecule has 0 fully saturated rings. The Morgan fingerprint density at radius 3 is 1.83 bits per heavy atom. The molecule has 13 rings (SSSR count). The van der Waals surface area contributed by atoms with Crippen LogP contribution < -0.4 is 0 Å². The summed E-state index contributed by atoms with van der Waals surface area (Å²) in [6.45, 7) is 0. The van der Waals surface area contributed by atoms with Crippen molar-refractivity contribution in [2.75, 3.05) is 0 Å². The third kappa shape index (κ3) is 4.20. The van der Waals surface area contributed by atoms with Crippen LogP contribution in [0.2, 0.25) is 0 Å². The van der Waals surface area contributed by atoms with Crippen molar-refractivity contribution in [3.63, 3.8) is 0 Å². The second-order valence-corrected chi connectivity index (χ2v) is 15.4. The average molecular weight is 752 g/mol. The van der Waals surface area contributed by atoms with Gasteiger partial charge in [-0.05, 0) is 93.0 Å². The number of hydrogen-bond acceptors (Lipinski definition) is 5. The van der Waals surface area contributed by atoms with Crippen molar-refractivity contribution in [3.05, 3.63) is 204 Å². The Morgan fingerprint density at radius 2 is 1.08 bits per heavy atom. The Kier molecular flexibility index (Phi) is 6.35. The molecule has 0 radical (unpaired) electrons. The summed E-state index contributed by atoms with van der Waals surface area (Å²) in [5, 5.41) is 13.7. The van der Waals surface area contributed by atoms with E-state index in [2.05, 4.69) is 126 Å². The minimum atomic E-state index is -0.457. The predicted octanol–water partition coefficient (Wildman–Crippen LogP) is 12.4. The van der Waals surface area contributed by atoms with Crippen LogP contribution in [0.4, 0.5) is 0 Å². The van der Waals surface area contributed by atoms with Crippen LogP contribution in [0.25, 0.3) is 94.7 Å². The van der Waals surface area contributed by atoms with Crippen molar-refractivity contribution in [1.29, 1.82) is 5.26 Å². The van der Waals surface area contributed by atoms with E-state index < -0.39 is 5.41 Å². The highest BCUT2D eigenvalue weighted by molar-refractivity contribution is 6.18. The fraction of sp³-hybridized carbons (Fsp3) is 0.0189. The Labute approximate surface area is 337 Å². The van der Waals surface area contributed by atoms with Gasteiger partial charge in [0.15, 0.2) is 11.6 Å². The van der Waals surface area contributed by atoms with Gasteiger partial charge in [0.25, 0.3) is 0 Å². The zero-order valence-corrected chi connectivity index (χ0v) is 31.4. The van der Waals surface area contributed by atoms with Gasteiger partial charge in [0, 0.05) is 32.7 Å². The molecule has 0 saturated carbocycles. The number of para-hydroxylation sites is 1. The molecule has 0 bridgehead atoms. The summed E-state index contributed by atoms with van der Waals surface area (Å²) in [6.07, 6.45) is 0. The van der Waals surface area contributed by atoms with E-state index in [9.17, 15) is 5.26 Å². The van der Waals surface area contributed by atoms with Gasteiger partial charge in [0.1, 0.15) is 11.2 Å². The van der Waals surface area contributed by atoms with Crippen LogP contribution in [-0.2, 0) is 5.41 Å². The molecule has 272 valence electrons. The van der Waals surface area contributed by atoms with Gasteiger partial charge in [-0.15, -0.1) is 0 Å². The van der Waals surface area contributed by atoms with E-state index >= 15 is 0 Å². The van der Waals surface area contributed by atoms with Gasteiger partial charge in [0.2, 0.25) is 5.95 Å². The first kappa shape index (κ1) is 32.0. The Hall–Kier alpha value is -8.14. The summed E-state index contributed by atoms with van der Waals surface area (Å²) >= 11 is 0. The lowest BCUT2D eigenvalue weighted by Gasteiger charge is -2.30. The van der Waals surface area contributed by atoms with E-state index in [1.807, 2.05) is 54.6 Å². The molecular formula is C53H29N5O. The number of benzene rings is 8. The predicted molar refractivity (Wildman–Crippen MR) is 233 cm³/mol. The highest BCUT2D eigenvalue weighted by atomic mass is 16.3. The van der Waals surface area contributed by atoms with Gasteiger partial charge in [-0.3, -0.25) is 4.57 Å². The lowest BCUT2D eigenvalue weighted by Crippen LogP contribution is -2.25. The summed E-state index contributed by atoms with van der Waals surface area (Å²) in [7, 11) is 0. The van der Waals surface area contributed by atoms with Crippen LogP contribution >= 0.6 is 0 Å². The van der Waals surface area contributed by atoms with Crippen LogP contribution in [0.3, 0.4) is 0 Å². The van der Waals surface area contributed by atoms with Crippen LogP contribution in [0.15, 0.2) is 180 Å². The van der Waals surface area contributed by atoms with Crippen molar-refractivity contribution in [3.8, 4) is 57.0 Å². The SMILES string of the molecule is N#Cc1ccc2oc3ccc(-c4nc(-c5ccccc5)nc(-n5c6ccccc6c6c7c(ccc65)C5(c6ccccc6-c6ccccc65)c5ccccc5-7)n4)cc3c2c1. The largest absolute Gasteiger partial charge is 0.456 e. The topological polar surface area (TPSA) is 80.5 Å². The van der Waals surface area contributed by atoms with Crippen molar-refractivity contribution < 1.29 is 4.42 Å². The maximum atomic E-state index is 9.67. The smallest absolute Gasteiger partial charge is 0.238 e. The van der Waals surface area contributed by atoms with E-state index in [4.69, 9.17) is 19.4 Å². The second kappa shape index (κ2) is 11.7. The molecule has 1 spiro atoms. The maximum Gasteiger partial charge on any atom is 0.238 e. The first-order valence-electron chi connectivity index (χ1n) is 19.8. The molecule has 2 aliphatic rings. The summed E-state index contributed by atoms with van der Waals surface area (Å²) in [5.41, 5.74) is 15.6. The molecule has 0 aliphatic heterocycles. The zero-order valence-electron chi connectivity index (χ0n) is 31.4. The van der Waals surface area contributed by atoms with Gasteiger partial charge in [0.05, 0.1) is 28.1 Å². The molecule has 59 heavy (non-hydrogen) atoms. The quantitative estimate of drug-likeness (QED) is 0.180. The van der Waals surface area contributed by atoms with Crippen molar-refractivity contribution in [1.82, 2.24) is 19.5 Å². The minimum absolute atomic E-state index is 0.457. The molecule has 0 saturated heterocycles. The molecular weight excluding hydrogens is 723 g/mol. The van der Waals surface area contributed by atoms with Gasteiger partial charge in [-0.1, -0.05) is 127 Å². The van der Waals surface area contributed by atoms with Crippen LogP contribution in [0, 0.1) is 11.3 Å². The van der Waals surface area contributed by atoms with Gasteiger partial charge >= 0.3 is 0 Å². The molecule has 6 nitrogen and oxygen atoms in total. The Balaban J connectivity index is 1.10. The maximum absolute atomic E-state index is 9.67. The molecule has 0 unspecified atom stereocenters. The summed E-state index contributed by atoms with van der Waals surface area (Å²) in [6, 6.07) is 63.9. The first-order chi connectivity index (χ1) is 29.2. The van der Waals surface area contributed by atoms with Crippen LogP contribution in [0.1, 0.15) is 27.8 Å². The molecule has 0 N–H and O–H groups in total. The monoisotopic (exact) mass is 751 g/mol. The first-order valence-corrected chi connectivity index (χ1v) is 19.8. The molecule has 6 heteroatoms. The zero-order chi connectivity index (χ0) is 38.8. The highest BCUT2D eigenvalue weighted by Gasteiger charge is 2.52. The molecule has 0 atom stereocenters. The van der Waals surface area contributed by atoms with Gasteiger partial charge < -0.3 is 4.42 Å². The number of nitriles is 1.